The van der Waals surface area contributed by atoms with Crippen LogP contribution in [0.5, 0.6) is 0 Å². The smallest absolute Gasteiger partial charge is 0.336 e. The fourth-order valence-corrected chi connectivity index (χ4v) is 7.60. The summed E-state index contributed by atoms with van der Waals surface area (Å²) < 4.78 is 11.1. The van der Waals surface area contributed by atoms with Crippen LogP contribution in [0, 0.1) is 17.3 Å². The van der Waals surface area contributed by atoms with E-state index in [2.05, 4.69) is 30.6 Å². The van der Waals surface area contributed by atoms with Crippen molar-refractivity contribution in [2.75, 3.05) is 6.61 Å². The monoisotopic (exact) mass is 525 g/mol. The minimum atomic E-state index is -0.900. The summed E-state index contributed by atoms with van der Waals surface area (Å²) in [5.74, 6) is -0.674. The Labute approximate surface area is 228 Å². The summed E-state index contributed by atoms with van der Waals surface area (Å²) in [7, 11) is 0. The second-order valence-corrected chi connectivity index (χ2v) is 11.8. The van der Waals surface area contributed by atoms with Gasteiger partial charge in [0.15, 0.2) is 0 Å². The number of aliphatic hydroxyl groups excluding tert-OH is 1. The first-order valence-corrected chi connectivity index (χ1v) is 13.8. The van der Waals surface area contributed by atoms with Crippen molar-refractivity contribution < 1.29 is 24.2 Å². The summed E-state index contributed by atoms with van der Waals surface area (Å²) in [6.07, 6.45) is 3.87. The molecule has 5 atom stereocenters. The summed E-state index contributed by atoms with van der Waals surface area (Å²) in [6.45, 7) is 8.98. The molecule has 0 radical (unpaired) electrons. The summed E-state index contributed by atoms with van der Waals surface area (Å²) in [5, 5.41) is 11.4. The van der Waals surface area contributed by atoms with Gasteiger partial charge in [-0.1, -0.05) is 73.7 Å². The Hall–Kier alpha value is -3.64. The largest absolute Gasteiger partial charge is 0.460 e. The molecule has 1 saturated heterocycles. The summed E-state index contributed by atoms with van der Waals surface area (Å²) >= 11 is 0. The number of hydrogen-bond donors (Lipinski definition) is 2. The number of cyclic esters (lactones) is 1. The normalized spacial score (nSPS) is 31.2. The standard InChI is InChI=1S/C33H35NO5/c1-20-13-16-28-32(2,25(20)15-14-23-27(35)19-38-30(23)36)17-24-22-11-7-8-12-26(22)34-29(24)33(28,3)31(37)39-18-21-9-5-4-6-10-21/h4-12,14,25,27-28,34-35H,1,13,15-19H2,2-3H3/b23-14+/t25-,27-,28+,32+,33+/m1/s1. The molecule has 2 heterocycles. The zero-order chi connectivity index (χ0) is 27.4. The molecule has 39 heavy (non-hydrogen) atoms. The first-order valence-electron chi connectivity index (χ1n) is 13.8. The van der Waals surface area contributed by atoms with Crippen LogP contribution in [-0.2, 0) is 37.5 Å². The Morgan fingerprint density at radius 2 is 1.92 bits per heavy atom. The number of nitrogens with one attached hydrogen (secondary N) is 1. The van der Waals surface area contributed by atoms with Crippen molar-refractivity contribution in [3.05, 3.63) is 95.2 Å². The van der Waals surface area contributed by atoms with E-state index in [1.807, 2.05) is 55.5 Å². The van der Waals surface area contributed by atoms with Crippen molar-refractivity contribution in [2.24, 2.45) is 17.3 Å². The van der Waals surface area contributed by atoms with Gasteiger partial charge in [0, 0.05) is 16.6 Å². The third kappa shape index (κ3) is 4.04. The number of carbonyl (C=O) groups excluding carboxylic acids is 2. The van der Waals surface area contributed by atoms with E-state index >= 15 is 0 Å². The average molecular weight is 526 g/mol. The predicted octanol–water partition coefficient (Wildman–Crippen LogP) is 5.55. The highest BCUT2D eigenvalue weighted by atomic mass is 16.6. The van der Waals surface area contributed by atoms with Crippen molar-refractivity contribution in [3.8, 4) is 0 Å². The van der Waals surface area contributed by atoms with Gasteiger partial charge in [-0.05, 0) is 67.1 Å². The number of hydrogen-bond acceptors (Lipinski definition) is 5. The number of para-hydroxylation sites is 1. The van der Waals surface area contributed by atoms with E-state index in [-0.39, 0.29) is 36.4 Å². The van der Waals surface area contributed by atoms with Gasteiger partial charge < -0.3 is 19.6 Å². The number of esters is 2. The minimum absolute atomic E-state index is 0.000197. The molecule has 0 bridgehead atoms. The quantitative estimate of drug-likeness (QED) is 0.259. The third-order valence-electron chi connectivity index (χ3n) is 9.60. The van der Waals surface area contributed by atoms with Crippen LogP contribution < -0.4 is 0 Å². The SMILES string of the molecule is C=C1CC[C@H]2[C@@](C)(Cc3c([nH]c4ccccc34)[C@@]2(C)C(=O)OCc2ccccc2)[C@@H]1C/C=C1/C(=O)OC[C@H]1O. The lowest BCUT2D eigenvalue weighted by Crippen LogP contribution is -2.57. The fourth-order valence-electron chi connectivity index (χ4n) is 7.60. The molecule has 0 spiro atoms. The maximum Gasteiger partial charge on any atom is 0.336 e. The van der Waals surface area contributed by atoms with Crippen molar-refractivity contribution in [2.45, 2.75) is 57.7 Å². The minimum Gasteiger partial charge on any atom is -0.460 e. The van der Waals surface area contributed by atoms with Crippen molar-refractivity contribution >= 4 is 22.8 Å². The van der Waals surface area contributed by atoms with Gasteiger partial charge >= 0.3 is 11.9 Å². The van der Waals surface area contributed by atoms with Crippen LogP contribution in [0.15, 0.2) is 78.4 Å². The number of fused-ring (bicyclic) bond motifs is 4. The topological polar surface area (TPSA) is 88.6 Å². The number of carbonyl (C=O) groups is 2. The first kappa shape index (κ1) is 25.6. The zero-order valence-electron chi connectivity index (χ0n) is 22.5. The number of aromatic amines is 1. The number of aromatic nitrogens is 1. The van der Waals surface area contributed by atoms with Crippen LogP contribution >= 0.6 is 0 Å². The maximum atomic E-state index is 14.2. The van der Waals surface area contributed by atoms with E-state index in [1.54, 1.807) is 0 Å². The second-order valence-electron chi connectivity index (χ2n) is 11.8. The number of rotatable bonds is 5. The molecule has 2 aliphatic carbocycles. The van der Waals surface area contributed by atoms with Crippen molar-refractivity contribution in [1.82, 2.24) is 4.98 Å². The molecule has 0 unspecified atom stereocenters. The van der Waals surface area contributed by atoms with Crippen LogP contribution in [0.3, 0.4) is 0 Å². The fraction of sp³-hybridized carbons (Fsp3) is 0.394. The van der Waals surface area contributed by atoms with E-state index in [9.17, 15) is 14.7 Å². The zero-order valence-corrected chi connectivity index (χ0v) is 22.5. The molecule has 3 aliphatic rings. The molecule has 0 amide bonds. The van der Waals surface area contributed by atoms with Gasteiger partial charge in [-0.3, -0.25) is 4.79 Å². The van der Waals surface area contributed by atoms with Gasteiger partial charge in [0.1, 0.15) is 24.7 Å². The van der Waals surface area contributed by atoms with Crippen LogP contribution in [0.4, 0.5) is 0 Å². The molecule has 2 fully saturated rings. The van der Waals surface area contributed by atoms with Crippen LogP contribution in [0.1, 0.15) is 49.9 Å². The summed E-state index contributed by atoms with van der Waals surface area (Å²) in [5.41, 5.74) is 4.29. The lowest BCUT2D eigenvalue weighted by molar-refractivity contribution is -0.159. The maximum absolute atomic E-state index is 14.2. The Kier molecular flexibility index (Phi) is 6.26. The second kappa shape index (κ2) is 9.53. The molecule has 6 heteroatoms. The summed E-state index contributed by atoms with van der Waals surface area (Å²) in [6, 6.07) is 18.0. The number of H-pyrrole nitrogens is 1. The Bertz CT molecular complexity index is 1490. The average Bonchev–Trinajstić information content (AvgIpc) is 3.46. The lowest BCUT2D eigenvalue weighted by Gasteiger charge is -2.57. The van der Waals surface area contributed by atoms with Crippen molar-refractivity contribution in [3.63, 3.8) is 0 Å². The van der Waals surface area contributed by atoms with Gasteiger partial charge in [0.05, 0.1) is 5.57 Å². The molecule has 2 aromatic carbocycles. The number of aliphatic hydroxyl groups is 1. The molecule has 1 saturated carbocycles. The molecule has 3 aromatic rings. The van der Waals surface area contributed by atoms with E-state index in [1.165, 1.54) is 0 Å². The first-order chi connectivity index (χ1) is 18.7. The van der Waals surface area contributed by atoms with Crippen molar-refractivity contribution in [1.29, 1.82) is 0 Å². The number of benzene rings is 2. The van der Waals surface area contributed by atoms with E-state index in [0.29, 0.717) is 12.0 Å². The molecular weight excluding hydrogens is 490 g/mol. The highest BCUT2D eigenvalue weighted by molar-refractivity contribution is 5.92. The molecular formula is C33H35NO5. The lowest BCUT2D eigenvalue weighted by atomic mass is 9.46. The van der Waals surface area contributed by atoms with Crippen LogP contribution in [0.25, 0.3) is 10.9 Å². The highest BCUT2D eigenvalue weighted by Gasteiger charge is 2.61. The van der Waals surface area contributed by atoms with E-state index < -0.39 is 17.5 Å². The molecule has 1 aromatic heterocycles. The molecule has 6 nitrogen and oxygen atoms in total. The molecule has 2 N–H and O–H groups in total. The van der Waals surface area contributed by atoms with Crippen LogP contribution in [-0.4, -0.2) is 34.7 Å². The Morgan fingerprint density at radius 3 is 2.67 bits per heavy atom. The molecule has 202 valence electrons. The van der Waals surface area contributed by atoms with E-state index in [4.69, 9.17) is 9.47 Å². The van der Waals surface area contributed by atoms with Gasteiger partial charge in [-0.15, -0.1) is 0 Å². The third-order valence-corrected chi connectivity index (χ3v) is 9.60. The van der Waals surface area contributed by atoms with Gasteiger partial charge in [-0.25, -0.2) is 4.79 Å². The predicted molar refractivity (Wildman–Crippen MR) is 149 cm³/mol. The number of allylic oxidation sites excluding steroid dienone is 2. The van der Waals surface area contributed by atoms with Gasteiger partial charge in [0.25, 0.3) is 0 Å². The Balaban J connectivity index is 1.43. The molecule has 6 rings (SSSR count). The van der Waals surface area contributed by atoms with Gasteiger partial charge in [-0.2, -0.15) is 0 Å². The van der Waals surface area contributed by atoms with Gasteiger partial charge in [0.2, 0.25) is 0 Å². The van der Waals surface area contributed by atoms with Crippen LogP contribution in [0.2, 0.25) is 0 Å². The number of ether oxygens (including phenoxy) is 2. The molecule has 1 aliphatic heterocycles. The Morgan fingerprint density at radius 1 is 1.18 bits per heavy atom. The van der Waals surface area contributed by atoms with E-state index in [0.717, 1.165) is 52.6 Å². The summed E-state index contributed by atoms with van der Waals surface area (Å²) in [4.78, 5) is 30.0. The highest BCUT2D eigenvalue weighted by Crippen LogP contribution is 2.62.